The number of anilines is 2. The number of hydrogen-bond donors (Lipinski definition) is 1. The number of para-hydroxylation sites is 2. The molecule has 0 aromatic heterocycles. The van der Waals surface area contributed by atoms with Crippen LogP contribution in [0.15, 0.2) is 72.8 Å². The highest BCUT2D eigenvalue weighted by Crippen LogP contribution is 2.40. The Bertz CT molecular complexity index is 1150. The number of ether oxygens (including phenoxy) is 3. The summed E-state index contributed by atoms with van der Waals surface area (Å²) >= 11 is 0. The van der Waals surface area contributed by atoms with Gasteiger partial charge in [-0.2, -0.15) is 0 Å². The summed E-state index contributed by atoms with van der Waals surface area (Å²) in [5.74, 6) is 1.52. The van der Waals surface area contributed by atoms with Gasteiger partial charge in [0, 0.05) is 23.5 Å². The van der Waals surface area contributed by atoms with Gasteiger partial charge in [0.1, 0.15) is 0 Å². The van der Waals surface area contributed by atoms with E-state index in [1.165, 1.54) is 0 Å². The van der Waals surface area contributed by atoms with Crippen LogP contribution in [-0.2, 0) is 4.79 Å². The fraction of sp³-hybridized carbons (Fsp3) is 0.250. The molecule has 0 aliphatic carbocycles. The van der Waals surface area contributed by atoms with Gasteiger partial charge in [0.05, 0.1) is 27.4 Å². The summed E-state index contributed by atoms with van der Waals surface area (Å²) in [5, 5.41) is 3.63. The molecule has 4 rings (SSSR count). The number of carbonyl (C=O) groups is 1. The predicted octanol–water partition coefficient (Wildman–Crippen LogP) is 5.70. The molecule has 3 aromatic rings. The third kappa shape index (κ3) is 4.71. The summed E-state index contributed by atoms with van der Waals surface area (Å²) < 4.78 is 16.2. The van der Waals surface area contributed by atoms with E-state index in [4.69, 9.17) is 14.2 Å². The van der Waals surface area contributed by atoms with E-state index in [1.54, 1.807) is 33.5 Å². The van der Waals surface area contributed by atoms with Crippen LogP contribution in [0.3, 0.4) is 0 Å². The second-order valence-corrected chi connectivity index (χ2v) is 8.21. The van der Waals surface area contributed by atoms with Crippen LogP contribution in [0, 0.1) is 0 Å². The van der Waals surface area contributed by atoms with Crippen molar-refractivity contribution in [1.29, 1.82) is 0 Å². The molecule has 0 radical (unpaired) electrons. The molecule has 2 atom stereocenters. The lowest BCUT2D eigenvalue weighted by Gasteiger charge is -2.39. The fourth-order valence-corrected chi connectivity index (χ4v) is 4.47. The number of nitrogens with zero attached hydrogens (tertiary/aromatic N) is 1. The minimum Gasteiger partial charge on any atom is -0.493 e. The first-order valence-electron chi connectivity index (χ1n) is 11.3. The molecule has 0 saturated heterocycles. The van der Waals surface area contributed by atoms with E-state index in [2.05, 4.69) is 30.4 Å². The zero-order valence-corrected chi connectivity index (χ0v) is 19.9. The summed E-state index contributed by atoms with van der Waals surface area (Å²) in [4.78, 5) is 15.2. The maximum atomic E-state index is 13.4. The van der Waals surface area contributed by atoms with Crippen molar-refractivity contribution in [3.05, 3.63) is 83.9 Å². The Morgan fingerprint density at radius 2 is 1.59 bits per heavy atom. The molecule has 0 fully saturated rings. The summed E-state index contributed by atoms with van der Waals surface area (Å²) in [6.45, 7) is 2.08. The fourth-order valence-electron chi connectivity index (χ4n) is 4.47. The molecule has 1 aliphatic rings. The number of methoxy groups -OCH3 is 3. The van der Waals surface area contributed by atoms with Gasteiger partial charge in [0.25, 0.3) is 5.91 Å². The van der Waals surface area contributed by atoms with Crippen molar-refractivity contribution < 1.29 is 19.0 Å². The average Bonchev–Trinajstić information content (AvgIpc) is 2.87. The smallest absolute Gasteiger partial charge is 0.251 e. The highest BCUT2D eigenvalue weighted by molar-refractivity contribution is 6.05. The van der Waals surface area contributed by atoms with E-state index in [0.717, 1.165) is 28.9 Å². The summed E-state index contributed by atoms with van der Waals surface area (Å²) in [6, 6.07) is 22.0. The summed E-state index contributed by atoms with van der Waals surface area (Å²) in [5.41, 5.74) is 3.88. The third-order valence-electron chi connectivity index (χ3n) is 6.05. The van der Waals surface area contributed by atoms with Crippen molar-refractivity contribution in [2.24, 2.45) is 0 Å². The maximum absolute atomic E-state index is 13.4. The monoisotopic (exact) mass is 458 g/mol. The van der Waals surface area contributed by atoms with Crippen LogP contribution in [0.25, 0.3) is 6.08 Å². The van der Waals surface area contributed by atoms with Gasteiger partial charge in [-0.15, -0.1) is 0 Å². The SMILES string of the molecule is COc1cc(C=CC(=O)N2c3ccccc3[C@@H](Nc3ccccc3)C[C@@H]2C)cc(OC)c1OC. The molecule has 34 heavy (non-hydrogen) atoms. The van der Waals surface area contributed by atoms with Crippen molar-refractivity contribution >= 4 is 23.4 Å². The molecule has 0 bridgehead atoms. The lowest BCUT2D eigenvalue weighted by atomic mass is 9.91. The molecule has 3 aromatic carbocycles. The number of benzene rings is 3. The molecule has 1 N–H and O–H groups in total. The third-order valence-corrected chi connectivity index (χ3v) is 6.05. The van der Waals surface area contributed by atoms with Crippen molar-refractivity contribution in [2.45, 2.75) is 25.4 Å². The van der Waals surface area contributed by atoms with Gasteiger partial charge in [-0.25, -0.2) is 0 Å². The van der Waals surface area contributed by atoms with Gasteiger partial charge in [-0.05, 0) is 60.9 Å². The van der Waals surface area contributed by atoms with Gasteiger partial charge in [-0.3, -0.25) is 4.79 Å². The van der Waals surface area contributed by atoms with Gasteiger partial charge in [0.2, 0.25) is 5.75 Å². The highest BCUT2D eigenvalue weighted by Gasteiger charge is 2.32. The molecule has 0 spiro atoms. The molecule has 176 valence electrons. The Balaban J connectivity index is 1.60. The molecule has 6 nitrogen and oxygen atoms in total. The molecule has 6 heteroatoms. The molecule has 1 aliphatic heterocycles. The Morgan fingerprint density at radius 3 is 2.24 bits per heavy atom. The zero-order valence-electron chi connectivity index (χ0n) is 19.9. The molecule has 1 amide bonds. The first-order chi connectivity index (χ1) is 16.5. The van der Waals surface area contributed by atoms with Crippen LogP contribution in [0.2, 0.25) is 0 Å². The number of hydrogen-bond acceptors (Lipinski definition) is 5. The lowest BCUT2D eigenvalue weighted by molar-refractivity contribution is -0.114. The molecule has 0 saturated carbocycles. The zero-order chi connectivity index (χ0) is 24.1. The molecule has 0 unspecified atom stereocenters. The van der Waals surface area contributed by atoms with Gasteiger partial charge in [-0.1, -0.05) is 36.4 Å². The van der Waals surface area contributed by atoms with E-state index in [0.29, 0.717) is 17.2 Å². The van der Waals surface area contributed by atoms with Crippen LogP contribution in [-0.4, -0.2) is 33.3 Å². The highest BCUT2D eigenvalue weighted by atomic mass is 16.5. The number of amides is 1. The van der Waals surface area contributed by atoms with E-state index >= 15 is 0 Å². The Kier molecular flexibility index (Phi) is 7.07. The van der Waals surface area contributed by atoms with E-state index in [9.17, 15) is 4.79 Å². The van der Waals surface area contributed by atoms with Gasteiger partial charge >= 0.3 is 0 Å². The second-order valence-electron chi connectivity index (χ2n) is 8.21. The van der Waals surface area contributed by atoms with Gasteiger partial charge < -0.3 is 24.4 Å². The van der Waals surface area contributed by atoms with Crippen LogP contribution < -0.4 is 24.4 Å². The molecular weight excluding hydrogens is 428 g/mol. The van der Waals surface area contributed by atoms with E-state index in [1.807, 2.05) is 53.4 Å². The minimum atomic E-state index is -0.0770. The quantitative estimate of drug-likeness (QED) is 0.460. The van der Waals surface area contributed by atoms with E-state index in [-0.39, 0.29) is 18.0 Å². The van der Waals surface area contributed by atoms with Crippen molar-refractivity contribution in [3.63, 3.8) is 0 Å². The normalized spacial score (nSPS) is 17.2. The van der Waals surface area contributed by atoms with Crippen LogP contribution in [0.5, 0.6) is 17.2 Å². The topological polar surface area (TPSA) is 60.0 Å². The number of nitrogens with one attached hydrogen (secondary N) is 1. The van der Waals surface area contributed by atoms with Crippen LogP contribution in [0.4, 0.5) is 11.4 Å². The predicted molar refractivity (Wildman–Crippen MR) is 136 cm³/mol. The van der Waals surface area contributed by atoms with Crippen molar-refractivity contribution in [2.75, 3.05) is 31.5 Å². The van der Waals surface area contributed by atoms with Crippen molar-refractivity contribution in [3.8, 4) is 17.2 Å². The van der Waals surface area contributed by atoms with Crippen LogP contribution in [0.1, 0.15) is 30.5 Å². The number of carbonyl (C=O) groups excluding carboxylic acids is 1. The largest absolute Gasteiger partial charge is 0.493 e. The summed E-state index contributed by atoms with van der Waals surface area (Å²) in [6.07, 6.45) is 4.17. The minimum absolute atomic E-state index is 0.0215. The van der Waals surface area contributed by atoms with Gasteiger partial charge in [0.15, 0.2) is 11.5 Å². The first kappa shape index (κ1) is 23.2. The van der Waals surface area contributed by atoms with Crippen molar-refractivity contribution in [1.82, 2.24) is 0 Å². The molecular formula is C28H30N2O4. The number of fused-ring (bicyclic) bond motifs is 1. The standard InChI is InChI=1S/C28H30N2O4/c1-19-16-23(29-21-10-6-5-7-11-21)22-12-8-9-13-24(22)30(19)27(31)15-14-20-17-25(32-2)28(34-4)26(18-20)33-3/h5-15,17-19,23,29H,16H2,1-4H3/t19-,23-/m0/s1. The number of rotatable bonds is 7. The Labute approximate surface area is 200 Å². The maximum Gasteiger partial charge on any atom is 0.251 e. The average molecular weight is 459 g/mol. The lowest BCUT2D eigenvalue weighted by Crippen LogP contribution is -2.43. The first-order valence-corrected chi connectivity index (χ1v) is 11.3. The van der Waals surface area contributed by atoms with E-state index < -0.39 is 0 Å². The van der Waals surface area contributed by atoms with Crippen LogP contribution >= 0.6 is 0 Å². The Morgan fingerprint density at radius 1 is 0.941 bits per heavy atom. The molecule has 1 heterocycles. The second kappa shape index (κ2) is 10.3. The summed E-state index contributed by atoms with van der Waals surface area (Å²) in [7, 11) is 4.71. The Hall–Kier alpha value is -3.93.